The van der Waals surface area contributed by atoms with E-state index in [4.69, 9.17) is 11.6 Å². The monoisotopic (exact) mass is 376 g/mol. The van der Waals surface area contributed by atoms with Gasteiger partial charge in [-0.25, -0.2) is 0 Å². The Balaban J connectivity index is 0.00000196. The highest BCUT2D eigenvalue weighted by Crippen LogP contribution is 2.39. The molecule has 1 aromatic heterocycles. The highest BCUT2D eigenvalue weighted by atomic mass is 35.5. The predicted octanol–water partition coefficient (Wildman–Crippen LogP) is 4.86. The second-order valence-corrected chi connectivity index (χ2v) is 8.29. The number of H-pyrrole nitrogens is 1. The molecule has 1 saturated carbocycles. The zero-order valence-electron chi connectivity index (χ0n) is 14.6. The van der Waals surface area contributed by atoms with Crippen molar-refractivity contribution in [1.29, 1.82) is 0 Å². The number of amides is 1. The van der Waals surface area contributed by atoms with E-state index >= 15 is 0 Å². The van der Waals surface area contributed by atoms with Crippen LogP contribution in [0.5, 0.6) is 0 Å². The minimum Gasteiger partial charge on any atom is -0.390 e. The lowest BCUT2D eigenvalue weighted by Gasteiger charge is -2.48. The van der Waals surface area contributed by atoms with E-state index in [9.17, 15) is 9.90 Å². The first-order valence-electron chi connectivity index (χ1n) is 9.24. The molecule has 142 valence electrons. The first-order chi connectivity index (χ1) is 12.0. The van der Waals surface area contributed by atoms with E-state index in [1.807, 2.05) is 29.3 Å². The van der Waals surface area contributed by atoms with Crippen LogP contribution in [0.15, 0.2) is 24.4 Å². The molecule has 0 spiro atoms. The second kappa shape index (κ2) is 7.24. The molecule has 2 N–H and O–H groups in total. The van der Waals surface area contributed by atoms with Crippen molar-refractivity contribution >= 4 is 28.4 Å². The van der Waals surface area contributed by atoms with E-state index < -0.39 is 5.60 Å². The zero-order valence-corrected chi connectivity index (χ0v) is 15.4. The number of rotatable bonds is 3. The molecule has 26 heavy (non-hydrogen) atoms. The molecule has 1 aliphatic heterocycles. The van der Waals surface area contributed by atoms with Gasteiger partial charge < -0.3 is 15.0 Å². The van der Waals surface area contributed by atoms with Crippen LogP contribution in [0.2, 0.25) is 5.02 Å². The average molecular weight is 377 g/mol. The van der Waals surface area contributed by atoms with Gasteiger partial charge in [-0.3, -0.25) is 4.79 Å². The van der Waals surface area contributed by atoms with Gasteiger partial charge in [0.2, 0.25) is 5.91 Å². The predicted molar refractivity (Wildman–Crippen MR) is 107 cm³/mol. The normalized spacial score (nSPS) is 26.4. The number of halogens is 1. The van der Waals surface area contributed by atoms with Crippen molar-refractivity contribution in [1.82, 2.24) is 9.88 Å². The number of aliphatic hydroxyl groups is 1. The summed E-state index contributed by atoms with van der Waals surface area (Å²) in [6.07, 6.45) is 6.87. The van der Waals surface area contributed by atoms with Gasteiger partial charge >= 0.3 is 0 Å². The number of aromatic amines is 1. The number of piperidine rings is 1. The maximum absolute atomic E-state index is 12.9. The summed E-state index contributed by atoms with van der Waals surface area (Å²) in [5.41, 5.74) is 1.66. The highest BCUT2D eigenvalue weighted by molar-refractivity contribution is 6.31. The molecule has 4 rings (SSSR count). The third kappa shape index (κ3) is 3.49. The first-order valence-corrected chi connectivity index (χ1v) is 9.61. The van der Waals surface area contributed by atoms with Crippen LogP contribution >= 0.6 is 11.6 Å². The molecule has 3 unspecified atom stereocenters. The molecular formula is C21H29ClN2O2. The number of nitrogens with zero attached hydrogens (tertiary/aromatic N) is 1. The van der Waals surface area contributed by atoms with Gasteiger partial charge in [0.05, 0.1) is 5.60 Å². The fraction of sp³-hybridized carbons (Fsp3) is 0.571. The highest BCUT2D eigenvalue weighted by Gasteiger charge is 2.42. The Bertz CT molecular complexity index is 802. The number of fused-ring (bicyclic) bond motifs is 3. The maximum Gasteiger partial charge on any atom is 0.223 e. The SMILES string of the molecule is C.CC(CC(=O)N1CCC2(O)CCCC1C2)c1c[nH]c2ccc(Cl)cc12. The van der Waals surface area contributed by atoms with Crippen LogP contribution in [-0.4, -0.2) is 39.1 Å². The topological polar surface area (TPSA) is 56.3 Å². The average Bonchev–Trinajstić information content (AvgIpc) is 2.97. The Hall–Kier alpha value is -1.52. The number of hydrogen-bond donors (Lipinski definition) is 2. The fourth-order valence-electron chi connectivity index (χ4n) is 4.65. The van der Waals surface area contributed by atoms with Gasteiger partial charge in [0.15, 0.2) is 0 Å². The molecule has 5 heteroatoms. The van der Waals surface area contributed by atoms with Crippen LogP contribution in [0, 0.1) is 0 Å². The van der Waals surface area contributed by atoms with E-state index in [0.717, 1.165) is 42.1 Å². The quantitative estimate of drug-likeness (QED) is 0.803. The minimum absolute atomic E-state index is 0. The van der Waals surface area contributed by atoms with Gasteiger partial charge in [0, 0.05) is 41.1 Å². The van der Waals surface area contributed by atoms with Crippen molar-refractivity contribution in [3.63, 3.8) is 0 Å². The van der Waals surface area contributed by atoms with Crippen LogP contribution < -0.4 is 0 Å². The summed E-state index contributed by atoms with van der Waals surface area (Å²) in [6.45, 7) is 2.79. The number of likely N-dealkylation sites (tertiary alicyclic amines) is 1. The summed E-state index contributed by atoms with van der Waals surface area (Å²) in [5.74, 6) is 0.335. The fourth-order valence-corrected chi connectivity index (χ4v) is 4.83. The molecule has 0 radical (unpaired) electrons. The lowest BCUT2D eigenvalue weighted by Crippen LogP contribution is -2.55. The number of carbonyl (C=O) groups excluding carboxylic acids is 1. The Morgan fingerprint density at radius 3 is 3.08 bits per heavy atom. The molecule has 2 fully saturated rings. The number of benzene rings is 1. The van der Waals surface area contributed by atoms with Crippen molar-refractivity contribution in [2.75, 3.05) is 6.54 Å². The second-order valence-electron chi connectivity index (χ2n) is 7.85. The third-order valence-corrected chi connectivity index (χ3v) is 6.30. The Kier molecular flexibility index (Phi) is 5.36. The van der Waals surface area contributed by atoms with Crippen LogP contribution in [-0.2, 0) is 4.79 Å². The van der Waals surface area contributed by atoms with E-state index in [0.29, 0.717) is 24.4 Å². The Morgan fingerprint density at radius 1 is 1.46 bits per heavy atom. The van der Waals surface area contributed by atoms with Gasteiger partial charge in [0.1, 0.15) is 0 Å². The van der Waals surface area contributed by atoms with Crippen LogP contribution in [0.4, 0.5) is 0 Å². The van der Waals surface area contributed by atoms with Gasteiger partial charge in [-0.15, -0.1) is 0 Å². The number of nitrogens with one attached hydrogen (secondary N) is 1. The molecule has 1 saturated heterocycles. The Labute approximate surface area is 160 Å². The van der Waals surface area contributed by atoms with E-state index in [1.54, 1.807) is 0 Å². The number of hydrogen-bond acceptors (Lipinski definition) is 2. The van der Waals surface area contributed by atoms with Gasteiger partial charge in [-0.05, 0) is 61.8 Å². The van der Waals surface area contributed by atoms with Gasteiger partial charge in [0.25, 0.3) is 0 Å². The lowest BCUT2D eigenvalue weighted by atomic mass is 9.76. The Morgan fingerprint density at radius 2 is 2.27 bits per heavy atom. The molecule has 2 aromatic rings. The standard InChI is InChI=1S/C20H25ClN2O2.CH4/c1-13(17-12-22-18-5-4-14(21)10-16(17)18)9-19(24)23-8-7-20(25)6-2-3-15(23)11-20;/h4-5,10,12-13,15,22,25H,2-3,6-9,11H2,1H3;1H4. The first kappa shape index (κ1) is 19.2. The van der Waals surface area contributed by atoms with Gasteiger partial charge in [-0.2, -0.15) is 0 Å². The van der Waals surface area contributed by atoms with E-state index in [2.05, 4.69) is 11.9 Å². The summed E-state index contributed by atoms with van der Waals surface area (Å²) in [4.78, 5) is 18.2. The zero-order chi connectivity index (χ0) is 17.6. The van der Waals surface area contributed by atoms with Crippen molar-refractivity contribution in [3.8, 4) is 0 Å². The van der Waals surface area contributed by atoms with Crippen LogP contribution in [0.1, 0.15) is 64.4 Å². The van der Waals surface area contributed by atoms with Crippen molar-refractivity contribution in [3.05, 3.63) is 35.0 Å². The number of aromatic nitrogens is 1. The smallest absolute Gasteiger partial charge is 0.223 e. The van der Waals surface area contributed by atoms with E-state index in [1.165, 1.54) is 0 Å². The molecule has 1 aliphatic carbocycles. The molecule has 4 nitrogen and oxygen atoms in total. The summed E-state index contributed by atoms with van der Waals surface area (Å²) in [5, 5.41) is 12.3. The molecule has 3 atom stereocenters. The number of carbonyl (C=O) groups is 1. The van der Waals surface area contributed by atoms with Crippen LogP contribution in [0.3, 0.4) is 0 Å². The molecule has 2 bridgehead atoms. The van der Waals surface area contributed by atoms with E-state index in [-0.39, 0.29) is 25.3 Å². The maximum atomic E-state index is 12.9. The van der Waals surface area contributed by atoms with Crippen LogP contribution in [0.25, 0.3) is 10.9 Å². The molecule has 1 aromatic carbocycles. The van der Waals surface area contributed by atoms with Crippen molar-refractivity contribution < 1.29 is 9.90 Å². The molecule has 1 amide bonds. The summed E-state index contributed by atoms with van der Waals surface area (Å²) >= 11 is 6.14. The molecular weight excluding hydrogens is 348 g/mol. The summed E-state index contributed by atoms with van der Waals surface area (Å²) < 4.78 is 0. The van der Waals surface area contributed by atoms with Crippen molar-refractivity contribution in [2.45, 2.75) is 70.4 Å². The summed E-state index contributed by atoms with van der Waals surface area (Å²) in [6, 6.07) is 6.03. The lowest BCUT2D eigenvalue weighted by molar-refractivity contribution is -0.144. The molecule has 2 aliphatic rings. The summed E-state index contributed by atoms with van der Waals surface area (Å²) in [7, 11) is 0. The minimum atomic E-state index is -0.529. The van der Waals surface area contributed by atoms with Crippen molar-refractivity contribution in [2.24, 2.45) is 0 Å². The molecule has 2 heterocycles. The third-order valence-electron chi connectivity index (χ3n) is 6.06. The van der Waals surface area contributed by atoms with Gasteiger partial charge in [-0.1, -0.05) is 26.0 Å². The largest absolute Gasteiger partial charge is 0.390 e.